The van der Waals surface area contributed by atoms with Crippen molar-refractivity contribution in [2.75, 3.05) is 5.32 Å². The largest absolute Gasteiger partial charge is 0.378 e. The molecule has 0 fully saturated rings. The van der Waals surface area contributed by atoms with Crippen LogP contribution in [0.4, 0.5) is 5.69 Å². The fourth-order valence-corrected chi connectivity index (χ4v) is 6.94. The molecule has 1 N–H and O–H groups in total. The summed E-state index contributed by atoms with van der Waals surface area (Å²) in [5.74, 6) is 0.975. The van der Waals surface area contributed by atoms with Gasteiger partial charge in [0.15, 0.2) is 0 Å². The van der Waals surface area contributed by atoms with Gasteiger partial charge in [0.25, 0.3) is 0 Å². The Morgan fingerprint density at radius 2 is 1.19 bits per heavy atom. The minimum Gasteiger partial charge on any atom is -0.378 e. The summed E-state index contributed by atoms with van der Waals surface area (Å²) in [7, 11) is -1.34. The molecular formula is C33H39NOS. The second-order valence-corrected chi connectivity index (χ2v) is 12.1. The van der Waals surface area contributed by atoms with E-state index in [2.05, 4.69) is 114 Å². The summed E-state index contributed by atoms with van der Waals surface area (Å²) in [6, 6.07) is 27.5. The second kappa shape index (κ2) is 11.0. The molecule has 0 aliphatic heterocycles. The predicted octanol–water partition coefficient (Wildman–Crippen LogP) is 9.55. The van der Waals surface area contributed by atoms with Crippen LogP contribution in [0.1, 0.15) is 94.5 Å². The highest BCUT2D eigenvalue weighted by Gasteiger charge is 2.26. The van der Waals surface area contributed by atoms with Gasteiger partial charge in [-0.25, -0.2) is 4.21 Å². The minimum atomic E-state index is -1.34. The molecular weight excluding hydrogens is 458 g/mol. The molecule has 0 aliphatic carbocycles. The van der Waals surface area contributed by atoms with Crippen LogP contribution < -0.4 is 5.32 Å². The third-order valence-electron chi connectivity index (χ3n) is 6.98. The molecule has 0 saturated heterocycles. The topological polar surface area (TPSA) is 29.1 Å². The summed E-state index contributed by atoms with van der Waals surface area (Å²) in [6.45, 7) is 15.5. The monoisotopic (exact) mass is 497 g/mol. The first kappa shape index (κ1) is 26.2. The summed E-state index contributed by atoms with van der Waals surface area (Å²) < 4.78 is 14.9. The molecule has 3 heteroatoms. The molecule has 4 aromatic carbocycles. The van der Waals surface area contributed by atoms with Crippen LogP contribution in [0, 0.1) is 0 Å². The van der Waals surface area contributed by atoms with Gasteiger partial charge in [-0.3, -0.25) is 0 Å². The molecule has 2 nitrogen and oxygen atoms in total. The third kappa shape index (κ3) is 5.27. The quantitative estimate of drug-likeness (QED) is 0.262. The first-order chi connectivity index (χ1) is 17.2. The Kier molecular flexibility index (Phi) is 8.00. The first-order valence-corrected chi connectivity index (χ1v) is 14.3. The molecule has 4 aromatic rings. The second-order valence-electron chi connectivity index (χ2n) is 10.7. The molecule has 1 unspecified atom stereocenters. The first-order valence-electron chi connectivity index (χ1n) is 13.1. The number of hydrogen-bond donors (Lipinski definition) is 1. The van der Waals surface area contributed by atoms with Crippen LogP contribution in [0.25, 0.3) is 10.8 Å². The zero-order valence-corrected chi connectivity index (χ0v) is 23.4. The summed E-state index contributed by atoms with van der Waals surface area (Å²) in [5.41, 5.74) is 5.85. The highest BCUT2D eigenvalue weighted by molar-refractivity contribution is 7.85. The smallest absolute Gasteiger partial charge is 0.0865 e. The van der Waals surface area contributed by atoms with Crippen molar-refractivity contribution in [1.29, 1.82) is 0 Å². The number of anilines is 1. The van der Waals surface area contributed by atoms with Crippen molar-refractivity contribution in [3.05, 3.63) is 101 Å². The van der Waals surface area contributed by atoms with Crippen molar-refractivity contribution in [2.45, 2.75) is 82.1 Å². The van der Waals surface area contributed by atoms with Crippen LogP contribution in [0.5, 0.6) is 0 Å². The van der Waals surface area contributed by atoms with Gasteiger partial charge in [-0.15, -0.1) is 0 Å². The highest BCUT2D eigenvalue weighted by Crippen LogP contribution is 2.40. The Morgan fingerprint density at radius 3 is 1.78 bits per heavy atom. The van der Waals surface area contributed by atoms with Gasteiger partial charge < -0.3 is 5.32 Å². The van der Waals surface area contributed by atoms with Gasteiger partial charge in [-0.05, 0) is 69.8 Å². The van der Waals surface area contributed by atoms with Gasteiger partial charge in [-0.1, -0.05) is 108 Å². The molecule has 4 rings (SSSR count). The third-order valence-corrected chi connectivity index (χ3v) is 8.65. The van der Waals surface area contributed by atoms with E-state index < -0.39 is 10.8 Å². The zero-order valence-electron chi connectivity index (χ0n) is 22.6. The van der Waals surface area contributed by atoms with Crippen molar-refractivity contribution in [3.8, 4) is 0 Å². The summed E-state index contributed by atoms with van der Waals surface area (Å²) >= 11 is 0. The molecule has 188 valence electrons. The number of para-hydroxylation sites is 1. The summed E-state index contributed by atoms with van der Waals surface area (Å²) in [6.07, 6.45) is 0. The van der Waals surface area contributed by atoms with Gasteiger partial charge in [0.1, 0.15) is 0 Å². The average molecular weight is 498 g/mol. The molecule has 0 spiro atoms. The number of nitrogens with one attached hydrogen (secondary N) is 1. The molecule has 36 heavy (non-hydrogen) atoms. The standard InChI is InChI=1S/C33H39NOS/c1-21(2)26-19-30(22(3)4)33(31(20-26)23(5)6)36(35)32-28(18-17-25-13-11-12-16-29(25)32)24(7)34-27-14-9-8-10-15-27/h8-24,34H,1-7H3/t24-,36?/m0/s1. The lowest BCUT2D eigenvalue weighted by atomic mass is 9.89. The Labute approximate surface area is 219 Å². The Morgan fingerprint density at radius 1 is 0.611 bits per heavy atom. The maximum atomic E-state index is 14.9. The van der Waals surface area contributed by atoms with Gasteiger partial charge in [-0.2, -0.15) is 0 Å². The van der Waals surface area contributed by atoms with Gasteiger partial charge in [0, 0.05) is 11.7 Å². The van der Waals surface area contributed by atoms with E-state index in [9.17, 15) is 4.21 Å². The van der Waals surface area contributed by atoms with Crippen LogP contribution in [0.2, 0.25) is 0 Å². The van der Waals surface area contributed by atoms with E-state index >= 15 is 0 Å². The molecule has 0 radical (unpaired) electrons. The summed E-state index contributed by atoms with van der Waals surface area (Å²) in [5, 5.41) is 5.81. The average Bonchev–Trinajstić information content (AvgIpc) is 2.87. The number of benzene rings is 4. The number of rotatable bonds is 8. The van der Waals surface area contributed by atoms with E-state index in [1.165, 1.54) is 16.7 Å². The molecule has 2 atom stereocenters. The number of fused-ring (bicyclic) bond motifs is 1. The van der Waals surface area contributed by atoms with Crippen molar-refractivity contribution < 1.29 is 4.21 Å². The lowest BCUT2D eigenvalue weighted by Crippen LogP contribution is -2.13. The van der Waals surface area contributed by atoms with Crippen molar-refractivity contribution in [3.63, 3.8) is 0 Å². The molecule has 0 aromatic heterocycles. The predicted molar refractivity (Wildman–Crippen MR) is 156 cm³/mol. The lowest BCUT2D eigenvalue weighted by molar-refractivity contribution is 0.674. The molecule has 0 amide bonds. The van der Waals surface area contributed by atoms with E-state index in [1.54, 1.807) is 0 Å². The normalized spacial score (nSPS) is 13.5. The van der Waals surface area contributed by atoms with Crippen LogP contribution in [0.15, 0.2) is 88.7 Å². The van der Waals surface area contributed by atoms with E-state index in [-0.39, 0.29) is 17.9 Å². The summed E-state index contributed by atoms with van der Waals surface area (Å²) in [4.78, 5) is 1.92. The number of hydrogen-bond acceptors (Lipinski definition) is 2. The van der Waals surface area contributed by atoms with E-state index in [0.29, 0.717) is 5.92 Å². The van der Waals surface area contributed by atoms with Crippen molar-refractivity contribution in [1.82, 2.24) is 0 Å². The van der Waals surface area contributed by atoms with Crippen LogP contribution in [-0.2, 0) is 10.8 Å². The fourth-order valence-electron chi connectivity index (χ4n) is 4.88. The molecule has 0 bridgehead atoms. The molecule has 0 aliphatic rings. The Balaban J connectivity index is 1.97. The SMILES string of the molecule is CC(C)c1cc(C(C)C)c(S(=O)c2c([C@H](C)Nc3ccccc3)ccc3ccccc23)c(C(C)C)c1. The zero-order chi connectivity index (χ0) is 26.0. The Bertz CT molecular complexity index is 1340. The van der Waals surface area contributed by atoms with E-state index in [4.69, 9.17) is 0 Å². The Hall–Kier alpha value is -2.91. The van der Waals surface area contributed by atoms with Crippen molar-refractivity contribution in [2.24, 2.45) is 0 Å². The molecule has 0 saturated carbocycles. The maximum absolute atomic E-state index is 14.9. The lowest BCUT2D eigenvalue weighted by Gasteiger charge is -2.25. The maximum Gasteiger partial charge on any atom is 0.0865 e. The van der Waals surface area contributed by atoms with Gasteiger partial charge in [0.2, 0.25) is 0 Å². The van der Waals surface area contributed by atoms with E-state index in [0.717, 1.165) is 31.8 Å². The van der Waals surface area contributed by atoms with Gasteiger partial charge >= 0.3 is 0 Å². The van der Waals surface area contributed by atoms with E-state index in [1.807, 2.05) is 18.2 Å². The fraction of sp³-hybridized carbons (Fsp3) is 0.333. The van der Waals surface area contributed by atoms with Gasteiger partial charge in [0.05, 0.1) is 20.6 Å². The van der Waals surface area contributed by atoms with Crippen LogP contribution >= 0.6 is 0 Å². The van der Waals surface area contributed by atoms with Crippen LogP contribution in [-0.4, -0.2) is 4.21 Å². The molecule has 0 heterocycles. The van der Waals surface area contributed by atoms with Crippen LogP contribution in [0.3, 0.4) is 0 Å². The highest BCUT2D eigenvalue weighted by atomic mass is 32.2. The van der Waals surface area contributed by atoms with Crippen molar-refractivity contribution >= 4 is 27.3 Å². The minimum absolute atomic E-state index is 0.00380.